The predicted octanol–water partition coefficient (Wildman–Crippen LogP) is 3.26. The van der Waals surface area contributed by atoms with Crippen LogP contribution in [-0.2, 0) is 16.0 Å². The highest BCUT2D eigenvalue weighted by molar-refractivity contribution is 6.31. The van der Waals surface area contributed by atoms with Gasteiger partial charge in [0.15, 0.2) is 0 Å². The van der Waals surface area contributed by atoms with E-state index in [1.165, 1.54) is 7.11 Å². The van der Waals surface area contributed by atoms with Crippen LogP contribution in [-0.4, -0.2) is 25.5 Å². The summed E-state index contributed by atoms with van der Waals surface area (Å²) in [4.78, 5) is 24.1. The fraction of sp³-hybridized carbons (Fsp3) is 0.263. The van der Waals surface area contributed by atoms with E-state index in [0.717, 1.165) is 16.7 Å². The third kappa shape index (κ3) is 5.22. The maximum Gasteiger partial charge on any atom is 0.243 e. The van der Waals surface area contributed by atoms with Gasteiger partial charge in [-0.25, -0.2) is 0 Å². The first-order valence-corrected chi connectivity index (χ1v) is 8.23. The van der Waals surface area contributed by atoms with Crippen LogP contribution in [0.1, 0.15) is 16.7 Å². The first kappa shape index (κ1) is 18.8. The second-order valence-corrected chi connectivity index (χ2v) is 6.14. The molecule has 6 heteroatoms. The molecule has 2 rings (SSSR count). The Morgan fingerprint density at radius 3 is 2.48 bits per heavy atom. The zero-order chi connectivity index (χ0) is 18.4. The minimum atomic E-state index is -0.335. The minimum absolute atomic E-state index is 0.116. The van der Waals surface area contributed by atoms with Crippen molar-refractivity contribution in [1.82, 2.24) is 5.32 Å². The third-order valence-corrected chi connectivity index (χ3v) is 4.22. The van der Waals surface area contributed by atoms with Gasteiger partial charge >= 0.3 is 0 Å². The number of hydrogen-bond acceptors (Lipinski definition) is 3. The fourth-order valence-corrected chi connectivity index (χ4v) is 2.50. The lowest BCUT2D eigenvalue weighted by Crippen LogP contribution is -2.34. The molecule has 0 unspecified atom stereocenters. The van der Waals surface area contributed by atoms with Gasteiger partial charge in [0, 0.05) is 11.1 Å². The van der Waals surface area contributed by atoms with E-state index in [-0.39, 0.29) is 24.8 Å². The van der Waals surface area contributed by atoms with Crippen molar-refractivity contribution in [3.05, 3.63) is 58.1 Å². The van der Waals surface area contributed by atoms with Crippen LogP contribution in [0.15, 0.2) is 36.4 Å². The van der Waals surface area contributed by atoms with E-state index in [9.17, 15) is 9.59 Å². The molecule has 0 spiro atoms. The Bertz CT molecular complexity index is 790. The van der Waals surface area contributed by atoms with Crippen molar-refractivity contribution >= 4 is 29.1 Å². The molecule has 0 heterocycles. The maximum absolute atomic E-state index is 12.1. The van der Waals surface area contributed by atoms with Gasteiger partial charge in [-0.1, -0.05) is 35.9 Å². The summed E-state index contributed by atoms with van der Waals surface area (Å²) in [7, 11) is 1.50. The second-order valence-electron chi connectivity index (χ2n) is 5.73. The third-order valence-electron chi connectivity index (χ3n) is 3.81. The van der Waals surface area contributed by atoms with Crippen molar-refractivity contribution in [1.29, 1.82) is 0 Å². The number of ether oxygens (including phenoxy) is 1. The first-order valence-electron chi connectivity index (χ1n) is 7.86. The average Bonchev–Trinajstić information content (AvgIpc) is 2.58. The predicted molar refractivity (Wildman–Crippen MR) is 99.3 cm³/mol. The Labute approximate surface area is 152 Å². The zero-order valence-corrected chi connectivity index (χ0v) is 15.2. The summed E-state index contributed by atoms with van der Waals surface area (Å²) in [5.74, 6) is -0.0722. The summed E-state index contributed by atoms with van der Waals surface area (Å²) in [5.41, 5.74) is 3.32. The van der Waals surface area contributed by atoms with Gasteiger partial charge in [0.2, 0.25) is 11.8 Å². The molecule has 0 aliphatic heterocycles. The van der Waals surface area contributed by atoms with Crippen LogP contribution in [0.3, 0.4) is 0 Å². The highest BCUT2D eigenvalue weighted by Gasteiger charge is 2.12. The number of methoxy groups -OCH3 is 1. The molecule has 0 radical (unpaired) electrons. The van der Waals surface area contributed by atoms with Crippen LogP contribution < -0.4 is 15.4 Å². The van der Waals surface area contributed by atoms with Crippen molar-refractivity contribution in [2.24, 2.45) is 0 Å². The molecular formula is C19H21ClN2O3. The zero-order valence-electron chi connectivity index (χ0n) is 14.5. The topological polar surface area (TPSA) is 67.4 Å². The van der Waals surface area contributed by atoms with Crippen LogP contribution in [0.2, 0.25) is 5.02 Å². The molecule has 2 amide bonds. The van der Waals surface area contributed by atoms with E-state index >= 15 is 0 Å². The number of carbonyl (C=O) groups is 2. The monoisotopic (exact) mass is 360 g/mol. The fourth-order valence-electron chi connectivity index (χ4n) is 2.35. The van der Waals surface area contributed by atoms with E-state index in [0.29, 0.717) is 16.5 Å². The Balaban J connectivity index is 1.92. The number of rotatable bonds is 6. The van der Waals surface area contributed by atoms with Crippen molar-refractivity contribution in [3.8, 4) is 5.75 Å². The Morgan fingerprint density at radius 2 is 1.80 bits per heavy atom. The van der Waals surface area contributed by atoms with Gasteiger partial charge in [0.05, 0.1) is 25.8 Å². The number of amides is 2. The number of halogens is 1. The van der Waals surface area contributed by atoms with Gasteiger partial charge in [0.1, 0.15) is 5.75 Å². The molecule has 5 nitrogen and oxygen atoms in total. The van der Waals surface area contributed by atoms with Gasteiger partial charge in [0.25, 0.3) is 0 Å². The minimum Gasteiger partial charge on any atom is -0.495 e. The average molecular weight is 361 g/mol. The number of benzene rings is 2. The van der Waals surface area contributed by atoms with E-state index in [4.69, 9.17) is 16.3 Å². The molecule has 0 atom stereocenters. The van der Waals surface area contributed by atoms with Crippen LogP contribution in [0, 0.1) is 13.8 Å². The number of nitrogens with one attached hydrogen (secondary N) is 2. The summed E-state index contributed by atoms with van der Waals surface area (Å²) in [6.07, 6.45) is 0.239. The van der Waals surface area contributed by atoms with Gasteiger partial charge in [-0.3, -0.25) is 9.59 Å². The molecule has 0 aromatic heterocycles. The van der Waals surface area contributed by atoms with Crippen molar-refractivity contribution in [2.45, 2.75) is 20.3 Å². The van der Waals surface area contributed by atoms with Gasteiger partial charge < -0.3 is 15.4 Å². The molecule has 0 saturated carbocycles. The van der Waals surface area contributed by atoms with Crippen LogP contribution in [0.4, 0.5) is 5.69 Å². The van der Waals surface area contributed by atoms with E-state index in [2.05, 4.69) is 10.6 Å². The van der Waals surface area contributed by atoms with E-state index in [1.807, 2.05) is 38.1 Å². The number of carbonyl (C=O) groups excluding carboxylic acids is 2. The van der Waals surface area contributed by atoms with Gasteiger partial charge in [-0.15, -0.1) is 0 Å². The van der Waals surface area contributed by atoms with Crippen LogP contribution >= 0.6 is 11.6 Å². The van der Waals surface area contributed by atoms with Crippen LogP contribution in [0.25, 0.3) is 0 Å². The molecule has 2 aromatic rings. The lowest BCUT2D eigenvalue weighted by Gasteiger charge is -2.13. The van der Waals surface area contributed by atoms with Crippen molar-refractivity contribution < 1.29 is 14.3 Å². The lowest BCUT2D eigenvalue weighted by molar-refractivity contribution is -0.123. The molecule has 132 valence electrons. The molecule has 0 fully saturated rings. The highest BCUT2D eigenvalue weighted by Crippen LogP contribution is 2.30. The molecule has 0 aliphatic rings. The van der Waals surface area contributed by atoms with Crippen molar-refractivity contribution in [3.63, 3.8) is 0 Å². The molecule has 0 bridgehead atoms. The second kappa shape index (κ2) is 8.53. The lowest BCUT2D eigenvalue weighted by atomic mass is 10.1. The molecular weight excluding hydrogens is 340 g/mol. The molecule has 2 aromatic carbocycles. The van der Waals surface area contributed by atoms with Gasteiger partial charge in [-0.2, -0.15) is 0 Å². The molecule has 0 aliphatic carbocycles. The Morgan fingerprint density at radius 1 is 1.08 bits per heavy atom. The van der Waals surface area contributed by atoms with Crippen molar-refractivity contribution in [2.75, 3.05) is 19.0 Å². The van der Waals surface area contributed by atoms with Gasteiger partial charge in [-0.05, 0) is 36.6 Å². The molecule has 2 N–H and O–H groups in total. The number of aryl methyl sites for hydroxylation is 2. The Hall–Kier alpha value is -2.53. The summed E-state index contributed by atoms with van der Waals surface area (Å²) in [6.45, 7) is 3.67. The standard InChI is InChI=1S/C19H21ClN2O3/c1-12-6-4-5-7-14(12)9-18(23)21-11-19(24)22-16-8-13(2)15(20)10-17(16)25-3/h4-8,10H,9,11H2,1-3H3,(H,21,23)(H,22,24). The quantitative estimate of drug-likeness (QED) is 0.830. The summed E-state index contributed by atoms with van der Waals surface area (Å²) in [5, 5.41) is 5.90. The molecule has 0 saturated heterocycles. The summed E-state index contributed by atoms with van der Waals surface area (Å²) in [6, 6.07) is 11.0. The summed E-state index contributed by atoms with van der Waals surface area (Å²) < 4.78 is 5.21. The van der Waals surface area contributed by atoms with Crippen LogP contribution in [0.5, 0.6) is 5.75 Å². The first-order chi connectivity index (χ1) is 11.9. The SMILES string of the molecule is COc1cc(Cl)c(C)cc1NC(=O)CNC(=O)Cc1ccccc1C. The Kier molecular flexibility index (Phi) is 6.42. The smallest absolute Gasteiger partial charge is 0.243 e. The van der Waals surface area contributed by atoms with E-state index in [1.54, 1.807) is 12.1 Å². The molecule has 25 heavy (non-hydrogen) atoms. The number of hydrogen-bond donors (Lipinski definition) is 2. The largest absolute Gasteiger partial charge is 0.495 e. The summed E-state index contributed by atoms with van der Waals surface area (Å²) >= 11 is 6.04. The highest BCUT2D eigenvalue weighted by atomic mass is 35.5. The normalized spacial score (nSPS) is 10.2. The van der Waals surface area contributed by atoms with E-state index < -0.39 is 0 Å². The number of anilines is 1. The maximum atomic E-state index is 12.1.